The molecule has 0 heterocycles. The maximum absolute atomic E-state index is 9.34. The van der Waals surface area contributed by atoms with Crippen LogP contribution in [0.5, 0.6) is 0 Å². The van der Waals surface area contributed by atoms with Gasteiger partial charge in [-0.15, -0.1) is 0 Å². The van der Waals surface area contributed by atoms with Crippen LogP contribution in [-0.4, -0.2) is 48.8 Å². The van der Waals surface area contributed by atoms with E-state index < -0.39 is 0 Å². The summed E-state index contributed by atoms with van der Waals surface area (Å²) in [5.41, 5.74) is 0.326. The lowest BCUT2D eigenvalue weighted by Gasteiger charge is -2.35. The molecule has 0 radical (unpaired) electrons. The van der Waals surface area contributed by atoms with Crippen molar-refractivity contribution in [3.05, 3.63) is 0 Å². The molecule has 3 heteroatoms. The lowest BCUT2D eigenvalue weighted by molar-refractivity contribution is 0.133. The fourth-order valence-electron chi connectivity index (χ4n) is 2.42. The summed E-state index contributed by atoms with van der Waals surface area (Å²) in [6, 6.07) is 0.545. The Balaban J connectivity index is 4.22. The van der Waals surface area contributed by atoms with Gasteiger partial charge >= 0.3 is 0 Å². The molecule has 0 aromatic carbocycles. The van der Waals surface area contributed by atoms with Gasteiger partial charge in [0.15, 0.2) is 0 Å². The van der Waals surface area contributed by atoms with E-state index in [2.05, 4.69) is 45.0 Å². The minimum Gasteiger partial charge on any atom is -0.393 e. The Morgan fingerprint density at radius 1 is 1.28 bits per heavy atom. The summed E-state index contributed by atoms with van der Waals surface area (Å²) in [4.78, 5) is 2.35. The van der Waals surface area contributed by atoms with Gasteiger partial charge in [0.25, 0.3) is 0 Å². The molecule has 0 spiro atoms. The Hall–Kier alpha value is -0.120. The highest BCUT2D eigenvalue weighted by Gasteiger charge is 2.25. The van der Waals surface area contributed by atoms with Crippen molar-refractivity contribution in [1.29, 1.82) is 0 Å². The fraction of sp³-hybridized carbons (Fsp3) is 1.00. The van der Waals surface area contributed by atoms with E-state index in [0.29, 0.717) is 11.5 Å². The average molecular weight is 258 g/mol. The molecular formula is C15H34N2O. The van der Waals surface area contributed by atoms with Gasteiger partial charge in [0.2, 0.25) is 0 Å². The van der Waals surface area contributed by atoms with Gasteiger partial charge in [-0.05, 0) is 32.2 Å². The summed E-state index contributed by atoms with van der Waals surface area (Å²) < 4.78 is 0. The van der Waals surface area contributed by atoms with Crippen LogP contribution in [0.4, 0.5) is 0 Å². The number of aliphatic hydroxyl groups excluding tert-OH is 1. The summed E-state index contributed by atoms with van der Waals surface area (Å²) >= 11 is 0. The smallest absolute Gasteiger partial charge is 0.0524 e. The zero-order valence-corrected chi connectivity index (χ0v) is 13.3. The van der Waals surface area contributed by atoms with Crippen LogP contribution in [0.1, 0.15) is 53.9 Å². The molecule has 0 aromatic heterocycles. The third-order valence-electron chi connectivity index (χ3n) is 3.37. The molecule has 0 aromatic rings. The van der Waals surface area contributed by atoms with Crippen molar-refractivity contribution >= 4 is 0 Å². The van der Waals surface area contributed by atoms with E-state index in [-0.39, 0.29) is 6.10 Å². The van der Waals surface area contributed by atoms with Crippen LogP contribution < -0.4 is 5.32 Å². The van der Waals surface area contributed by atoms with Crippen LogP contribution in [0.15, 0.2) is 0 Å². The first-order valence-electron chi connectivity index (χ1n) is 7.39. The summed E-state index contributed by atoms with van der Waals surface area (Å²) in [6.45, 7) is 14.0. The van der Waals surface area contributed by atoms with E-state index in [1.807, 2.05) is 6.92 Å². The summed E-state index contributed by atoms with van der Waals surface area (Å²) in [5.74, 6) is 0. The van der Waals surface area contributed by atoms with Crippen molar-refractivity contribution in [1.82, 2.24) is 10.2 Å². The number of hydrogen-bond acceptors (Lipinski definition) is 3. The lowest BCUT2D eigenvalue weighted by Crippen LogP contribution is -2.43. The molecular weight excluding hydrogens is 224 g/mol. The number of nitrogens with zero attached hydrogens (tertiary/aromatic N) is 1. The van der Waals surface area contributed by atoms with Crippen molar-refractivity contribution in [2.45, 2.75) is 66.0 Å². The molecule has 2 unspecified atom stereocenters. The van der Waals surface area contributed by atoms with Gasteiger partial charge in [0.05, 0.1) is 6.10 Å². The molecule has 0 saturated heterocycles. The van der Waals surface area contributed by atoms with Crippen molar-refractivity contribution in [2.75, 3.05) is 26.7 Å². The number of hydrogen-bond donors (Lipinski definition) is 2. The molecule has 110 valence electrons. The van der Waals surface area contributed by atoms with Crippen LogP contribution in [0.25, 0.3) is 0 Å². The molecule has 0 aliphatic carbocycles. The predicted octanol–water partition coefficient (Wildman–Crippen LogP) is 2.49. The van der Waals surface area contributed by atoms with Gasteiger partial charge in [-0.3, -0.25) is 0 Å². The minimum atomic E-state index is -0.196. The fourth-order valence-corrected chi connectivity index (χ4v) is 2.42. The molecule has 0 aliphatic rings. The molecule has 3 nitrogen and oxygen atoms in total. The van der Waals surface area contributed by atoms with Gasteiger partial charge in [0.1, 0.15) is 0 Å². The molecule has 18 heavy (non-hydrogen) atoms. The van der Waals surface area contributed by atoms with Crippen LogP contribution >= 0.6 is 0 Å². The monoisotopic (exact) mass is 258 g/mol. The first kappa shape index (κ1) is 17.9. The van der Waals surface area contributed by atoms with E-state index in [4.69, 9.17) is 0 Å². The Morgan fingerprint density at radius 2 is 1.89 bits per heavy atom. The van der Waals surface area contributed by atoms with Crippen LogP contribution in [0.3, 0.4) is 0 Å². The Bertz CT molecular complexity index is 207. The Kier molecular flexibility index (Phi) is 8.83. The highest BCUT2D eigenvalue weighted by molar-refractivity contribution is 4.80. The molecule has 0 aliphatic heterocycles. The largest absolute Gasteiger partial charge is 0.393 e. The standard InChI is InChI=1S/C15H34N2O/c1-7-9-15(5,11-16-13(2)3)12-17(6)10-8-14(4)18/h13-14,16,18H,7-12H2,1-6H3. The van der Waals surface area contributed by atoms with Crippen molar-refractivity contribution < 1.29 is 5.11 Å². The lowest BCUT2D eigenvalue weighted by atomic mass is 9.84. The first-order chi connectivity index (χ1) is 8.29. The summed E-state index contributed by atoms with van der Waals surface area (Å²) in [5, 5.41) is 12.9. The zero-order chi connectivity index (χ0) is 14.2. The Labute approximate surface area is 114 Å². The number of aliphatic hydroxyl groups is 1. The summed E-state index contributed by atoms with van der Waals surface area (Å²) in [6.07, 6.45) is 3.13. The van der Waals surface area contributed by atoms with E-state index in [0.717, 1.165) is 26.1 Å². The van der Waals surface area contributed by atoms with Crippen molar-refractivity contribution in [2.24, 2.45) is 5.41 Å². The highest BCUT2D eigenvalue weighted by Crippen LogP contribution is 2.23. The summed E-state index contributed by atoms with van der Waals surface area (Å²) in [7, 11) is 2.16. The van der Waals surface area contributed by atoms with Crippen LogP contribution in [0.2, 0.25) is 0 Å². The van der Waals surface area contributed by atoms with E-state index in [9.17, 15) is 5.11 Å². The van der Waals surface area contributed by atoms with Crippen molar-refractivity contribution in [3.63, 3.8) is 0 Å². The minimum absolute atomic E-state index is 0.196. The predicted molar refractivity (Wildman–Crippen MR) is 79.9 cm³/mol. The van der Waals surface area contributed by atoms with Gasteiger partial charge in [0, 0.05) is 25.7 Å². The second kappa shape index (κ2) is 8.89. The third kappa shape index (κ3) is 8.90. The number of nitrogens with one attached hydrogen (secondary N) is 1. The van der Waals surface area contributed by atoms with Gasteiger partial charge < -0.3 is 15.3 Å². The second-order valence-electron chi connectivity index (χ2n) is 6.47. The Morgan fingerprint density at radius 3 is 2.33 bits per heavy atom. The van der Waals surface area contributed by atoms with Crippen LogP contribution in [0, 0.1) is 5.41 Å². The van der Waals surface area contributed by atoms with Gasteiger partial charge in [-0.25, -0.2) is 0 Å². The quantitative estimate of drug-likeness (QED) is 0.632. The zero-order valence-electron chi connectivity index (χ0n) is 13.3. The normalized spacial score (nSPS) is 17.2. The molecule has 2 atom stereocenters. The van der Waals surface area contributed by atoms with Crippen LogP contribution in [-0.2, 0) is 0 Å². The van der Waals surface area contributed by atoms with E-state index in [1.54, 1.807) is 0 Å². The molecule has 0 amide bonds. The number of rotatable bonds is 10. The molecule has 0 saturated carbocycles. The molecule has 0 bridgehead atoms. The maximum atomic E-state index is 9.34. The van der Waals surface area contributed by atoms with Crippen molar-refractivity contribution in [3.8, 4) is 0 Å². The molecule has 0 fully saturated rings. The third-order valence-corrected chi connectivity index (χ3v) is 3.37. The van der Waals surface area contributed by atoms with E-state index >= 15 is 0 Å². The van der Waals surface area contributed by atoms with Gasteiger partial charge in [-0.1, -0.05) is 34.1 Å². The average Bonchev–Trinajstić information content (AvgIpc) is 2.24. The van der Waals surface area contributed by atoms with Gasteiger partial charge in [-0.2, -0.15) is 0 Å². The first-order valence-corrected chi connectivity index (χ1v) is 7.39. The highest BCUT2D eigenvalue weighted by atomic mass is 16.3. The maximum Gasteiger partial charge on any atom is 0.0524 e. The topological polar surface area (TPSA) is 35.5 Å². The molecule has 2 N–H and O–H groups in total. The molecule has 0 rings (SSSR count). The second-order valence-corrected chi connectivity index (χ2v) is 6.47. The SMILES string of the molecule is CCCC(C)(CNC(C)C)CN(C)CCC(C)O. The van der Waals surface area contributed by atoms with E-state index in [1.165, 1.54) is 12.8 Å².